The number of unbranched alkanes of at least 4 members (excludes halogenated alkanes) is 8. The normalized spacial score (nSPS) is 10.0. The molecule has 0 amide bonds. The lowest BCUT2D eigenvalue weighted by atomic mass is 10.1. The molecule has 0 aliphatic carbocycles. The van der Waals surface area contributed by atoms with Crippen molar-refractivity contribution in [3.63, 3.8) is 0 Å². The largest absolute Gasteiger partial charge is 0.462 e. The van der Waals surface area contributed by atoms with Crippen LogP contribution in [0.3, 0.4) is 0 Å². The average Bonchev–Trinajstić information content (AvgIpc) is 2.69. The molecule has 0 saturated carbocycles. The van der Waals surface area contributed by atoms with E-state index in [0.717, 1.165) is 12.8 Å². The minimum atomic E-state index is -0.438. The van der Waals surface area contributed by atoms with Gasteiger partial charge in [-0.3, -0.25) is 0 Å². The molecule has 1 rings (SSSR count). The Balaban J connectivity index is 2.15. The van der Waals surface area contributed by atoms with Crippen molar-refractivity contribution in [2.45, 2.75) is 71.6 Å². The van der Waals surface area contributed by atoms with Crippen LogP contribution in [0.15, 0.2) is 24.3 Å². The number of ether oxygens (including phenoxy) is 2. The van der Waals surface area contributed by atoms with Crippen LogP contribution in [-0.4, -0.2) is 25.2 Å². The third-order valence-electron chi connectivity index (χ3n) is 4.19. The van der Waals surface area contributed by atoms with E-state index in [-0.39, 0.29) is 6.61 Å². The van der Waals surface area contributed by atoms with Crippen LogP contribution in [0.1, 0.15) is 92.4 Å². The summed E-state index contributed by atoms with van der Waals surface area (Å²) < 4.78 is 10.0. The average molecular weight is 373 g/mol. The zero-order valence-corrected chi connectivity index (χ0v) is 16.7. The molecule has 27 heavy (non-hydrogen) atoms. The first-order chi connectivity index (χ1) is 13.2. The molecule has 148 valence electrons. The van der Waals surface area contributed by atoms with Gasteiger partial charge in [-0.05, 0) is 37.6 Å². The molecule has 0 aliphatic heterocycles. The summed E-state index contributed by atoms with van der Waals surface area (Å²) in [5.41, 5.74) is 0.812. The standard InChI is InChI=1S/C23H32O4/c1-3-5-6-7-8-9-10-11-12-13-14-19-27-23(25)21-17-15-20(16-18-21)22(24)26-4-2/h15-18H,3-12,19H2,1-2H3. The van der Waals surface area contributed by atoms with Crippen LogP contribution in [0.25, 0.3) is 0 Å². The molecule has 0 bridgehead atoms. The van der Waals surface area contributed by atoms with E-state index in [2.05, 4.69) is 18.8 Å². The maximum atomic E-state index is 11.9. The van der Waals surface area contributed by atoms with E-state index in [1.54, 1.807) is 31.2 Å². The molecular weight excluding hydrogens is 340 g/mol. The molecule has 0 unspecified atom stereocenters. The van der Waals surface area contributed by atoms with Crippen molar-refractivity contribution in [3.05, 3.63) is 35.4 Å². The molecule has 0 saturated heterocycles. The van der Waals surface area contributed by atoms with E-state index < -0.39 is 11.9 Å². The van der Waals surface area contributed by atoms with Gasteiger partial charge < -0.3 is 9.47 Å². The van der Waals surface area contributed by atoms with Crippen LogP contribution < -0.4 is 0 Å². The lowest BCUT2D eigenvalue weighted by Crippen LogP contribution is -2.07. The van der Waals surface area contributed by atoms with E-state index in [0.29, 0.717) is 17.7 Å². The Bertz CT molecular complexity index is 608. The van der Waals surface area contributed by atoms with Crippen LogP contribution >= 0.6 is 0 Å². The van der Waals surface area contributed by atoms with Gasteiger partial charge in [-0.15, -0.1) is 0 Å². The Morgan fingerprint density at radius 3 is 1.81 bits per heavy atom. The summed E-state index contributed by atoms with van der Waals surface area (Å²) in [6, 6.07) is 6.23. The quantitative estimate of drug-likeness (QED) is 0.274. The highest BCUT2D eigenvalue weighted by molar-refractivity contribution is 5.93. The summed E-state index contributed by atoms with van der Waals surface area (Å²) in [4.78, 5) is 23.5. The second-order valence-corrected chi connectivity index (χ2v) is 6.45. The third-order valence-corrected chi connectivity index (χ3v) is 4.19. The second kappa shape index (κ2) is 14.8. The summed E-state index contributed by atoms with van der Waals surface area (Å²) in [6.07, 6.45) is 11.1. The number of carbonyl (C=O) groups excluding carboxylic acids is 2. The van der Waals surface area contributed by atoms with Gasteiger partial charge in [0.25, 0.3) is 0 Å². The van der Waals surface area contributed by atoms with E-state index >= 15 is 0 Å². The number of carbonyl (C=O) groups is 2. The first-order valence-electron chi connectivity index (χ1n) is 10.1. The summed E-state index contributed by atoms with van der Waals surface area (Å²) in [5.74, 6) is 5.10. The van der Waals surface area contributed by atoms with Crippen LogP contribution in [0.4, 0.5) is 0 Å². The highest BCUT2D eigenvalue weighted by Crippen LogP contribution is 2.09. The molecular formula is C23H32O4. The summed E-state index contributed by atoms with van der Waals surface area (Å²) in [6.45, 7) is 4.40. The predicted octanol–water partition coefficient (Wildman–Crippen LogP) is 5.55. The van der Waals surface area contributed by atoms with Crippen LogP contribution in [-0.2, 0) is 9.47 Å². The van der Waals surface area contributed by atoms with Gasteiger partial charge in [0.1, 0.15) is 0 Å². The monoisotopic (exact) mass is 372 g/mol. The van der Waals surface area contributed by atoms with Crippen LogP contribution in [0, 0.1) is 11.8 Å². The van der Waals surface area contributed by atoms with Gasteiger partial charge >= 0.3 is 11.9 Å². The fourth-order valence-electron chi connectivity index (χ4n) is 2.63. The Labute approximate surface area is 163 Å². The minimum Gasteiger partial charge on any atom is -0.462 e. The van der Waals surface area contributed by atoms with Gasteiger partial charge in [0.05, 0.1) is 17.7 Å². The summed E-state index contributed by atoms with van der Waals surface area (Å²) in [7, 11) is 0. The number of rotatable bonds is 12. The van der Waals surface area contributed by atoms with Gasteiger partial charge in [-0.1, -0.05) is 63.7 Å². The first-order valence-corrected chi connectivity index (χ1v) is 10.1. The van der Waals surface area contributed by atoms with Crippen LogP contribution in [0.5, 0.6) is 0 Å². The summed E-state index contributed by atoms with van der Waals surface area (Å²) >= 11 is 0. The molecule has 0 fully saturated rings. The number of benzene rings is 1. The van der Waals surface area contributed by atoms with E-state index in [9.17, 15) is 9.59 Å². The fourth-order valence-corrected chi connectivity index (χ4v) is 2.63. The van der Waals surface area contributed by atoms with Gasteiger partial charge in [-0.25, -0.2) is 9.59 Å². The molecule has 0 N–H and O–H groups in total. The molecule has 1 aromatic rings. The Morgan fingerprint density at radius 1 is 0.741 bits per heavy atom. The molecule has 0 atom stereocenters. The molecule has 0 spiro atoms. The van der Waals surface area contributed by atoms with E-state index in [1.807, 2.05) is 0 Å². The molecule has 4 heteroatoms. The van der Waals surface area contributed by atoms with Crippen LogP contribution in [0.2, 0.25) is 0 Å². The summed E-state index contributed by atoms with van der Waals surface area (Å²) in [5, 5.41) is 0. The lowest BCUT2D eigenvalue weighted by Gasteiger charge is -2.03. The highest BCUT2D eigenvalue weighted by atomic mass is 16.5. The van der Waals surface area contributed by atoms with Crippen molar-refractivity contribution >= 4 is 11.9 Å². The van der Waals surface area contributed by atoms with Gasteiger partial charge in [0, 0.05) is 6.42 Å². The second-order valence-electron chi connectivity index (χ2n) is 6.45. The number of hydrogen-bond donors (Lipinski definition) is 0. The smallest absolute Gasteiger partial charge is 0.339 e. The lowest BCUT2D eigenvalue weighted by molar-refractivity contribution is 0.0520. The predicted molar refractivity (Wildman–Crippen MR) is 108 cm³/mol. The molecule has 0 heterocycles. The topological polar surface area (TPSA) is 52.6 Å². The van der Waals surface area contributed by atoms with Crippen molar-refractivity contribution in [2.75, 3.05) is 13.2 Å². The molecule has 0 radical (unpaired) electrons. The zero-order chi connectivity index (χ0) is 19.7. The van der Waals surface area contributed by atoms with E-state index in [1.165, 1.54) is 44.9 Å². The fraction of sp³-hybridized carbons (Fsp3) is 0.565. The third kappa shape index (κ3) is 10.5. The van der Waals surface area contributed by atoms with Crippen molar-refractivity contribution in [1.82, 2.24) is 0 Å². The zero-order valence-electron chi connectivity index (χ0n) is 16.7. The van der Waals surface area contributed by atoms with Crippen molar-refractivity contribution < 1.29 is 19.1 Å². The Morgan fingerprint density at radius 2 is 1.26 bits per heavy atom. The molecule has 4 nitrogen and oxygen atoms in total. The molecule has 0 aliphatic rings. The Kier molecular flexibility index (Phi) is 12.5. The SMILES string of the molecule is CCCCCCCCCCC#CCOC(=O)c1ccc(C(=O)OCC)cc1. The molecule has 1 aromatic carbocycles. The minimum absolute atomic E-state index is 0.0927. The maximum absolute atomic E-state index is 11.9. The van der Waals surface area contributed by atoms with Crippen molar-refractivity contribution in [1.29, 1.82) is 0 Å². The van der Waals surface area contributed by atoms with Gasteiger partial charge in [0.2, 0.25) is 0 Å². The van der Waals surface area contributed by atoms with Gasteiger partial charge in [0.15, 0.2) is 6.61 Å². The highest BCUT2D eigenvalue weighted by Gasteiger charge is 2.09. The van der Waals surface area contributed by atoms with Gasteiger partial charge in [-0.2, -0.15) is 0 Å². The maximum Gasteiger partial charge on any atom is 0.339 e. The number of esters is 2. The van der Waals surface area contributed by atoms with Crippen molar-refractivity contribution in [3.8, 4) is 11.8 Å². The first kappa shape index (κ1) is 22.8. The molecule has 0 aromatic heterocycles. The van der Waals surface area contributed by atoms with E-state index in [4.69, 9.17) is 9.47 Å². The Hall–Kier alpha value is -2.28. The number of hydrogen-bond acceptors (Lipinski definition) is 4. The van der Waals surface area contributed by atoms with Crippen molar-refractivity contribution in [2.24, 2.45) is 0 Å².